The summed E-state index contributed by atoms with van der Waals surface area (Å²) in [5, 5.41) is 14.1. The lowest BCUT2D eigenvalue weighted by molar-refractivity contribution is -0.384. The summed E-state index contributed by atoms with van der Waals surface area (Å²) >= 11 is 0. The van der Waals surface area contributed by atoms with Crippen LogP contribution in [0.5, 0.6) is 0 Å². The Morgan fingerprint density at radius 1 is 1.13 bits per heavy atom. The number of nitro benzene ring substituents is 1. The molecule has 0 bridgehead atoms. The summed E-state index contributed by atoms with van der Waals surface area (Å²) in [6, 6.07) is 8.53. The molecule has 0 saturated heterocycles. The van der Waals surface area contributed by atoms with E-state index in [2.05, 4.69) is 5.32 Å². The molecule has 2 atom stereocenters. The molecular formula is C22H29N3O5S. The second-order valence-electron chi connectivity index (χ2n) is 7.79. The van der Waals surface area contributed by atoms with Crippen molar-refractivity contribution in [1.29, 1.82) is 0 Å². The number of amides is 1. The third-order valence-electron chi connectivity index (χ3n) is 5.25. The van der Waals surface area contributed by atoms with Crippen molar-refractivity contribution in [2.24, 2.45) is 0 Å². The molecule has 0 spiro atoms. The first kappa shape index (κ1) is 24.3. The molecule has 2 aromatic rings. The van der Waals surface area contributed by atoms with Gasteiger partial charge in [0, 0.05) is 12.1 Å². The molecule has 0 aliphatic heterocycles. The van der Waals surface area contributed by atoms with Crippen LogP contribution in [0.1, 0.15) is 48.6 Å². The maximum Gasteiger partial charge on any atom is 0.271 e. The van der Waals surface area contributed by atoms with Crippen molar-refractivity contribution < 1.29 is 18.1 Å². The van der Waals surface area contributed by atoms with Crippen molar-refractivity contribution in [2.45, 2.75) is 53.1 Å². The third-order valence-corrected chi connectivity index (χ3v) is 6.48. The minimum atomic E-state index is -3.90. The van der Waals surface area contributed by atoms with Gasteiger partial charge in [0.2, 0.25) is 15.9 Å². The highest BCUT2D eigenvalue weighted by molar-refractivity contribution is 7.92. The lowest BCUT2D eigenvalue weighted by Gasteiger charge is -2.31. The highest BCUT2D eigenvalue weighted by Gasteiger charge is 2.32. The lowest BCUT2D eigenvalue weighted by Crippen LogP contribution is -2.49. The van der Waals surface area contributed by atoms with Gasteiger partial charge in [-0.15, -0.1) is 0 Å². The van der Waals surface area contributed by atoms with Gasteiger partial charge >= 0.3 is 0 Å². The number of non-ortho nitro benzene ring substituents is 1. The normalized spacial score (nSPS) is 13.4. The van der Waals surface area contributed by atoms with Crippen molar-refractivity contribution in [3.05, 3.63) is 68.8 Å². The van der Waals surface area contributed by atoms with E-state index in [1.165, 1.54) is 25.1 Å². The van der Waals surface area contributed by atoms with Crippen molar-refractivity contribution in [1.82, 2.24) is 5.32 Å². The monoisotopic (exact) mass is 447 g/mol. The van der Waals surface area contributed by atoms with Crippen LogP contribution in [-0.4, -0.2) is 31.5 Å². The number of nitro groups is 1. The number of benzene rings is 2. The molecule has 31 heavy (non-hydrogen) atoms. The number of nitrogens with one attached hydrogen (secondary N) is 1. The summed E-state index contributed by atoms with van der Waals surface area (Å²) in [7, 11) is -3.90. The lowest BCUT2D eigenvalue weighted by atomic mass is 9.97. The van der Waals surface area contributed by atoms with Crippen LogP contribution in [0.4, 0.5) is 11.4 Å². The Bertz CT molecular complexity index is 1100. The van der Waals surface area contributed by atoms with E-state index in [4.69, 9.17) is 0 Å². The van der Waals surface area contributed by atoms with E-state index in [1.807, 2.05) is 39.0 Å². The number of rotatable bonds is 8. The zero-order valence-electron chi connectivity index (χ0n) is 18.7. The van der Waals surface area contributed by atoms with E-state index >= 15 is 0 Å². The van der Waals surface area contributed by atoms with E-state index in [9.17, 15) is 23.3 Å². The summed E-state index contributed by atoms with van der Waals surface area (Å²) in [5.41, 5.74) is 3.49. The van der Waals surface area contributed by atoms with Gasteiger partial charge in [-0.2, -0.15) is 0 Å². The maximum atomic E-state index is 13.1. The zero-order valence-corrected chi connectivity index (χ0v) is 19.5. The van der Waals surface area contributed by atoms with E-state index in [0.717, 1.165) is 27.3 Å². The SMILES string of the molecule is CC[C@@H](NC(=O)[C@H](C)N(c1cc([N+](=O)[O-])ccc1C)S(C)(=O)=O)c1ccc(C)cc1C. The first-order valence-electron chi connectivity index (χ1n) is 9.98. The summed E-state index contributed by atoms with van der Waals surface area (Å²) in [4.78, 5) is 23.7. The Labute approximate surface area is 183 Å². The van der Waals surface area contributed by atoms with Gasteiger partial charge in [0.15, 0.2) is 0 Å². The van der Waals surface area contributed by atoms with E-state index in [0.29, 0.717) is 12.0 Å². The Balaban J connectivity index is 2.42. The fourth-order valence-corrected chi connectivity index (χ4v) is 4.86. The van der Waals surface area contributed by atoms with Gasteiger partial charge in [0.25, 0.3) is 5.69 Å². The molecule has 2 rings (SSSR count). The molecular weight excluding hydrogens is 418 g/mol. The fourth-order valence-electron chi connectivity index (χ4n) is 3.64. The molecule has 2 aromatic carbocycles. The second kappa shape index (κ2) is 9.47. The Morgan fingerprint density at radius 3 is 2.29 bits per heavy atom. The van der Waals surface area contributed by atoms with Gasteiger partial charge in [-0.05, 0) is 50.8 Å². The molecule has 9 heteroatoms. The Hall–Kier alpha value is -2.94. The second-order valence-corrected chi connectivity index (χ2v) is 9.65. The van der Waals surface area contributed by atoms with Crippen LogP contribution in [0.3, 0.4) is 0 Å². The molecule has 1 N–H and O–H groups in total. The first-order chi connectivity index (χ1) is 14.4. The standard InChI is InChI=1S/C22H29N3O5S/c1-7-20(19-11-8-14(2)12-16(19)4)23-22(26)17(5)24(31(6,29)30)21-13-18(25(27)28)10-9-15(21)3/h8-13,17,20H,7H2,1-6H3,(H,23,26)/t17-,20+/m0/s1. The van der Waals surface area contributed by atoms with Gasteiger partial charge in [-0.1, -0.05) is 36.8 Å². The zero-order chi connectivity index (χ0) is 23.5. The molecule has 0 aliphatic carbocycles. The van der Waals surface area contributed by atoms with Gasteiger partial charge in [0.05, 0.1) is 22.9 Å². The topological polar surface area (TPSA) is 110 Å². The van der Waals surface area contributed by atoms with E-state index < -0.39 is 26.9 Å². The average Bonchev–Trinajstić information content (AvgIpc) is 2.66. The summed E-state index contributed by atoms with van der Waals surface area (Å²) < 4.78 is 26.2. The van der Waals surface area contributed by atoms with Crippen LogP contribution in [0.2, 0.25) is 0 Å². The molecule has 8 nitrogen and oxygen atoms in total. The van der Waals surface area contributed by atoms with Crippen molar-refractivity contribution in [3.63, 3.8) is 0 Å². The van der Waals surface area contributed by atoms with Crippen LogP contribution < -0.4 is 9.62 Å². The van der Waals surface area contributed by atoms with E-state index in [-0.39, 0.29) is 17.4 Å². The highest BCUT2D eigenvalue weighted by Crippen LogP contribution is 2.30. The van der Waals surface area contributed by atoms with Crippen LogP contribution >= 0.6 is 0 Å². The van der Waals surface area contributed by atoms with Gasteiger partial charge in [0.1, 0.15) is 6.04 Å². The molecule has 0 aromatic heterocycles. The van der Waals surface area contributed by atoms with Gasteiger partial charge < -0.3 is 5.32 Å². The van der Waals surface area contributed by atoms with Crippen molar-refractivity contribution in [3.8, 4) is 0 Å². The van der Waals surface area contributed by atoms with Crippen molar-refractivity contribution in [2.75, 3.05) is 10.6 Å². The van der Waals surface area contributed by atoms with Crippen LogP contribution in [0.15, 0.2) is 36.4 Å². The predicted molar refractivity (Wildman–Crippen MR) is 122 cm³/mol. The number of carbonyl (C=O) groups is 1. The number of aryl methyl sites for hydroxylation is 3. The molecule has 0 unspecified atom stereocenters. The smallest absolute Gasteiger partial charge is 0.271 e. The Morgan fingerprint density at radius 2 is 1.77 bits per heavy atom. The quantitative estimate of drug-likeness (QED) is 0.487. The molecule has 0 radical (unpaired) electrons. The van der Waals surface area contributed by atoms with Crippen LogP contribution in [0, 0.1) is 30.9 Å². The van der Waals surface area contributed by atoms with Crippen molar-refractivity contribution >= 4 is 27.3 Å². The summed E-state index contributed by atoms with van der Waals surface area (Å²) in [5.74, 6) is -0.483. The number of nitrogens with zero attached hydrogens (tertiary/aromatic N) is 2. The number of anilines is 1. The largest absolute Gasteiger partial charge is 0.347 e. The average molecular weight is 448 g/mol. The highest BCUT2D eigenvalue weighted by atomic mass is 32.2. The molecule has 1 amide bonds. The summed E-state index contributed by atoms with van der Waals surface area (Å²) in [6.45, 7) is 9.02. The fraction of sp³-hybridized carbons (Fsp3) is 0.409. The molecule has 0 aliphatic rings. The summed E-state index contributed by atoms with van der Waals surface area (Å²) in [6.07, 6.45) is 1.60. The predicted octanol–water partition coefficient (Wildman–Crippen LogP) is 3.94. The number of carbonyl (C=O) groups excluding carboxylic acids is 1. The number of hydrogen-bond acceptors (Lipinski definition) is 5. The minimum Gasteiger partial charge on any atom is -0.347 e. The maximum absolute atomic E-state index is 13.1. The van der Waals surface area contributed by atoms with Gasteiger partial charge in [-0.25, -0.2) is 8.42 Å². The minimum absolute atomic E-state index is 0.110. The molecule has 0 fully saturated rings. The third kappa shape index (κ3) is 5.61. The van der Waals surface area contributed by atoms with Crippen LogP contribution in [0.25, 0.3) is 0 Å². The molecule has 168 valence electrons. The molecule has 0 saturated carbocycles. The first-order valence-corrected chi connectivity index (χ1v) is 11.8. The molecule has 0 heterocycles. The number of hydrogen-bond donors (Lipinski definition) is 1. The number of sulfonamides is 1. The Kier molecular flexibility index (Phi) is 7.43. The van der Waals surface area contributed by atoms with Crippen LogP contribution in [-0.2, 0) is 14.8 Å². The van der Waals surface area contributed by atoms with Gasteiger partial charge in [-0.3, -0.25) is 19.2 Å². The van der Waals surface area contributed by atoms with E-state index in [1.54, 1.807) is 6.92 Å².